The van der Waals surface area contributed by atoms with Crippen molar-refractivity contribution in [3.05, 3.63) is 66.2 Å². The minimum atomic E-state index is -0.230. The Morgan fingerprint density at radius 3 is 2.86 bits per heavy atom. The Kier molecular flexibility index (Phi) is 4.40. The van der Waals surface area contributed by atoms with Crippen molar-refractivity contribution in [1.82, 2.24) is 14.8 Å². The Hall–Kier alpha value is -2.66. The lowest BCUT2D eigenvalue weighted by molar-refractivity contribution is -0.146. The average Bonchev–Trinajstić information content (AvgIpc) is 3.31. The summed E-state index contributed by atoms with van der Waals surface area (Å²) in [6.07, 6.45) is 6.64. The highest BCUT2D eigenvalue weighted by atomic mass is 16.3. The van der Waals surface area contributed by atoms with E-state index in [9.17, 15) is 4.79 Å². The molecule has 5 nitrogen and oxygen atoms in total. The van der Waals surface area contributed by atoms with E-state index in [1.807, 2.05) is 41.4 Å². The van der Waals surface area contributed by atoms with Gasteiger partial charge in [0.2, 0.25) is 5.91 Å². The molecule has 5 rings (SSSR count). The van der Waals surface area contributed by atoms with Crippen molar-refractivity contribution < 1.29 is 9.21 Å². The molecule has 2 aromatic heterocycles. The third-order valence-corrected chi connectivity index (χ3v) is 6.21. The van der Waals surface area contributed by atoms with Gasteiger partial charge in [-0.1, -0.05) is 24.3 Å². The monoisotopic (exact) mass is 375 g/mol. The number of rotatable bonds is 4. The Bertz CT molecular complexity index is 951. The van der Waals surface area contributed by atoms with E-state index in [2.05, 4.69) is 22.0 Å². The van der Waals surface area contributed by atoms with Crippen LogP contribution in [-0.4, -0.2) is 40.3 Å². The zero-order valence-electron chi connectivity index (χ0n) is 16.0. The van der Waals surface area contributed by atoms with Crippen molar-refractivity contribution in [2.75, 3.05) is 19.6 Å². The van der Waals surface area contributed by atoms with E-state index in [0.29, 0.717) is 12.5 Å². The molecule has 144 valence electrons. The SMILES string of the molecule is O=C1N(Cc2cccnc2)CCC[C@]12CCN(Cc1cc3ccccc3o1)C2. The molecule has 5 heteroatoms. The molecule has 0 radical (unpaired) electrons. The second kappa shape index (κ2) is 7.06. The number of piperidine rings is 1. The average molecular weight is 375 g/mol. The zero-order valence-corrected chi connectivity index (χ0v) is 16.0. The summed E-state index contributed by atoms with van der Waals surface area (Å²) in [4.78, 5) is 21.9. The second-order valence-corrected chi connectivity index (χ2v) is 8.18. The highest BCUT2D eigenvalue weighted by Gasteiger charge is 2.48. The van der Waals surface area contributed by atoms with Gasteiger partial charge in [-0.05, 0) is 49.6 Å². The number of pyridine rings is 1. The first kappa shape index (κ1) is 17.4. The second-order valence-electron chi connectivity index (χ2n) is 8.18. The normalized spacial score (nSPS) is 23.1. The molecule has 28 heavy (non-hydrogen) atoms. The van der Waals surface area contributed by atoms with E-state index in [1.54, 1.807) is 6.20 Å². The van der Waals surface area contributed by atoms with Crippen molar-refractivity contribution >= 4 is 16.9 Å². The van der Waals surface area contributed by atoms with Gasteiger partial charge in [-0.3, -0.25) is 14.7 Å². The number of hydrogen-bond acceptors (Lipinski definition) is 4. The molecule has 2 saturated heterocycles. The van der Waals surface area contributed by atoms with Gasteiger partial charge in [-0.2, -0.15) is 0 Å². The molecule has 0 unspecified atom stereocenters. The lowest BCUT2D eigenvalue weighted by Gasteiger charge is -2.39. The van der Waals surface area contributed by atoms with Crippen molar-refractivity contribution in [2.45, 2.75) is 32.4 Å². The molecule has 0 aliphatic carbocycles. The molecule has 1 spiro atoms. The molecular weight excluding hydrogens is 350 g/mol. The fourth-order valence-corrected chi connectivity index (χ4v) is 4.82. The molecule has 3 aromatic rings. The van der Waals surface area contributed by atoms with Gasteiger partial charge < -0.3 is 9.32 Å². The van der Waals surface area contributed by atoms with Gasteiger partial charge in [0.15, 0.2) is 0 Å². The molecule has 1 aromatic carbocycles. The highest BCUT2D eigenvalue weighted by Crippen LogP contribution is 2.41. The van der Waals surface area contributed by atoms with E-state index in [1.165, 1.54) is 0 Å². The Morgan fingerprint density at radius 1 is 1.07 bits per heavy atom. The summed E-state index contributed by atoms with van der Waals surface area (Å²) in [5, 5.41) is 1.14. The summed E-state index contributed by atoms with van der Waals surface area (Å²) >= 11 is 0. The molecule has 4 heterocycles. The quantitative estimate of drug-likeness (QED) is 0.695. The summed E-state index contributed by atoms with van der Waals surface area (Å²) in [5.74, 6) is 1.29. The predicted molar refractivity (Wildman–Crippen MR) is 107 cm³/mol. The van der Waals surface area contributed by atoms with Gasteiger partial charge in [0.25, 0.3) is 0 Å². The Balaban J connectivity index is 1.28. The molecule has 0 N–H and O–H groups in total. The number of nitrogens with zero attached hydrogens (tertiary/aromatic N) is 3. The third-order valence-electron chi connectivity index (χ3n) is 6.21. The van der Waals surface area contributed by atoms with Gasteiger partial charge in [0.1, 0.15) is 11.3 Å². The van der Waals surface area contributed by atoms with Gasteiger partial charge in [0, 0.05) is 37.4 Å². The van der Waals surface area contributed by atoms with E-state index in [-0.39, 0.29) is 5.41 Å². The minimum Gasteiger partial charge on any atom is -0.460 e. The van der Waals surface area contributed by atoms with Crippen LogP contribution in [0.2, 0.25) is 0 Å². The molecule has 2 aliphatic heterocycles. The number of fused-ring (bicyclic) bond motifs is 1. The van der Waals surface area contributed by atoms with Gasteiger partial charge in [-0.15, -0.1) is 0 Å². The van der Waals surface area contributed by atoms with Gasteiger partial charge in [-0.25, -0.2) is 0 Å². The number of aromatic nitrogens is 1. The van der Waals surface area contributed by atoms with Gasteiger partial charge in [0.05, 0.1) is 12.0 Å². The topological polar surface area (TPSA) is 49.6 Å². The largest absolute Gasteiger partial charge is 0.460 e. The molecule has 1 amide bonds. The van der Waals surface area contributed by atoms with Crippen LogP contribution in [0.3, 0.4) is 0 Å². The van der Waals surface area contributed by atoms with E-state index in [0.717, 1.165) is 67.7 Å². The summed E-state index contributed by atoms with van der Waals surface area (Å²) in [7, 11) is 0. The predicted octanol–water partition coefficient (Wildman–Crippen LogP) is 3.84. The number of carbonyl (C=O) groups is 1. The first-order valence-corrected chi connectivity index (χ1v) is 10.1. The molecule has 1 atom stereocenters. The Morgan fingerprint density at radius 2 is 2.00 bits per heavy atom. The van der Waals surface area contributed by atoms with Crippen molar-refractivity contribution in [2.24, 2.45) is 5.41 Å². The maximum Gasteiger partial charge on any atom is 0.230 e. The number of para-hydroxylation sites is 1. The summed E-state index contributed by atoms with van der Waals surface area (Å²) in [5.41, 5.74) is 1.81. The van der Waals surface area contributed by atoms with Crippen molar-refractivity contribution in [3.63, 3.8) is 0 Å². The summed E-state index contributed by atoms with van der Waals surface area (Å²) < 4.78 is 5.99. The van der Waals surface area contributed by atoms with Crippen LogP contribution in [0.25, 0.3) is 11.0 Å². The zero-order chi connectivity index (χ0) is 19.0. The number of hydrogen-bond donors (Lipinski definition) is 0. The number of carbonyl (C=O) groups excluding carboxylic acids is 1. The molecule has 2 aliphatic rings. The Labute approximate surface area is 165 Å². The third kappa shape index (κ3) is 3.20. The van der Waals surface area contributed by atoms with Gasteiger partial charge >= 0.3 is 0 Å². The van der Waals surface area contributed by atoms with Crippen LogP contribution >= 0.6 is 0 Å². The molecule has 2 fully saturated rings. The molecular formula is C23H25N3O2. The van der Waals surface area contributed by atoms with Crippen LogP contribution in [0.1, 0.15) is 30.6 Å². The van der Waals surface area contributed by atoms with E-state index < -0.39 is 0 Å². The maximum atomic E-state index is 13.3. The molecule has 0 bridgehead atoms. The minimum absolute atomic E-state index is 0.230. The van der Waals surface area contributed by atoms with Crippen LogP contribution in [0, 0.1) is 5.41 Å². The van der Waals surface area contributed by atoms with Crippen LogP contribution < -0.4 is 0 Å². The fourth-order valence-electron chi connectivity index (χ4n) is 4.82. The van der Waals surface area contributed by atoms with Crippen molar-refractivity contribution in [3.8, 4) is 0 Å². The van der Waals surface area contributed by atoms with E-state index in [4.69, 9.17) is 4.42 Å². The van der Waals surface area contributed by atoms with Crippen LogP contribution in [-0.2, 0) is 17.9 Å². The van der Waals surface area contributed by atoms with Crippen LogP contribution in [0.15, 0.2) is 59.3 Å². The standard InChI is InChI=1S/C23H25N3O2/c27-22-23(8-4-11-26(22)15-18-5-3-10-24-14-18)9-12-25(17-23)16-20-13-19-6-1-2-7-21(19)28-20/h1-3,5-7,10,13-14H,4,8-9,11-12,15-17H2/t23-/m1/s1. The number of likely N-dealkylation sites (tertiary alicyclic amines) is 2. The summed E-state index contributed by atoms with van der Waals surface area (Å²) in [6, 6.07) is 14.2. The first-order chi connectivity index (χ1) is 13.7. The smallest absolute Gasteiger partial charge is 0.230 e. The summed E-state index contributed by atoms with van der Waals surface area (Å²) in [6.45, 7) is 4.05. The lowest BCUT2D eigenvalue weighted by atomic mass is 9.78. The van der Waals surface area contributed by atoms with E-state index >= 15 is 0 Å². The maximum absolute atomic E-state index is 13.3. The van der Waals surface area contributed by atoms with Crippen molar-refractivity contribution in [1.29, 1.82) is 0 Å². The first-order valence-electron chi connectivity index (χ1n) is 10.1. The number of benzene rings is 1. The highest BCUT2D eigenvalue weighted by molar-refractivity contribution is 5.84. The number of amides is 1. The van der Waals surface area contributed by atoms with Crippen LogP contribution in [0.4, 0.5) is 0 Å². The number of furan rings is 1. The fraction of sp³-hybridized carbons (Fsp3) is 0.391. The van der Waals surface area contributed by atoms with Crippen LogP contribution in [0.5, 0.6) is 0 Å². The molecule has 0 saturated carbocycles. The lowest BCUT2D eigenvalue weighted by Crippen LogP contribution is -2.49.